The molecule has 1 amide bonds. The summed E-state index contributed by atoms with van der Waals surface area (Å²) in [5.74, 6) is -0.0858. The Morgan fingerprint density at radius 1 is 1.03 bits per heavy atom. The maximum Gasteiger partial charge on any atom is 0.276 e. The lowest BCUT2D eigenvalue weighted by Gasteiger charge is -2.21. The monoisotopic (exact) mass is 497 g/mol. The third-order valence-electron chi connectivity index (χ3n) is 4.29. The third kappa shape index (κ3) is 6.27. The molecule has 0 aromatic heterocycles. The lowest BCUT2D eigenvalue weighted by Crippen LogP contribution is -2.36. The number of amides is 1. The van der Waals surface area contributed by atoms with Crippen molar-refractivity contribution >= 4 is 46.4 Å². The molecular formula is C22H25Cl2N3O6. The fourth-order valence-corrected chi connectivity index (χ4v) is 3.27. The molecule has 0 aliphatic heterocycles. The van der Waals surface area contributed by atoms with Crippen molar-refractivity contribution < 1.29 is 28.5 Å². The van der Waals surface area contributed by atoms with E-state index in [1.165, 1.54) is 33.3 Å². The van der Waals surface area contributed by atoms with E-state index in [0.717, 1.165) is 4.42 Å². The molecule has 0 fully saturated rings. The Balaban J connectivity index is 2.40. The van der Waals surface area contributed by atoms with Gasteiger partial charge in [0.05, 0.1) is 33.1 Å². The highest BCUT2D eigenvalue weighted by molar-refractivity contribution is 6.39. The summed E-state index contributed by atoms with van der Waals surface area (Å²) in [5.41, 5.74) is 0.479. The Morgan fingerprint density at radius 2 is 1.64 bits per heavy atom. The minimum atomic E-state index is -1.50. The maximum absolute atomic E-state index is 13.1. The number of rotatable bonds is 11. The van der Waals surface area contributed by atoms with Gasteiger partial charge in [-0.3, -0.25) is 9.59 Å². The predicted molar refractivity (Wildman–Crippen MR) is 126 cm³/mol. The molecule has 1 unspecified atom stereocenters. The predicted octanol–water partition coefficient (Wildman–Crippen LogP) is 5.38. The number of Topliss-reactive ketones (excluding diaryl/α,β-unsaturated/α-hetero) is 1. The van der Waals surface area contributed by atoms with Gasteiger partial charge in [0.25, 0.3) is 5.91 Å². The van der Waals surface area contributed by atoms with E-state index in [4.69, 9.17) is 42.3 Å². The number of methoxy groups -OCH3 is 2. The highest BCUT2D eigenvalue weighted by Crippen LogP contribution is 2.40. The molecule has 2 aromatic carbocycles. The minimum absolute atomic E-state index is 0.214. The zero-order valence-electron chi connectivity index (χ0n) is 18.9. The largest absolute Gasteiger partial charge is 0.495 e. The van der Waals surface area contributed by atoms with Crippen molar-refractivity contribution in [1.82, 2.24) is 0 Å². The molecule has 0 saturated carbocycles. The van der Waals surface area contributed by atoms with E-state index < -0.39 is 17.7 Å². The number of hydrogen-bond acceptors (Lipinski definition) is 8. The molecule has 178 valence electrons. The van der Waals surface area contributed by atoms with Crippen LogP contribution in [0.15, 0.2) is 40.6 Å². The van der Waals surface area contributed by atoms with Crippen molar-refractivity contribution in [2.45, 2.75) is 26.8 Å². The number of ether oxygens (including phenoxy) is 4. The molecule has 0 saturated heterocycles. The normalized spacial score (nSPS) is 11.7. The summed E-state index contributed by atoms with van der Waals surface area (Å²) in [7, 11) is 2.86. The molecular weight excluding hydrogens is 473 g/mol. The topological polar surface area (TPSA) is 99.0 Å². The van der Waals surface area contributed by atoms with E-state index >= 15 is 0 Å². The number of carbonyl (C=O) groups excluding carboxylic acids is 2. The van der Waals surface area contributed by atoms with Gasteiger partial charge in [-0.05, 0) is 32.9 Å². The SMILES string of the molecule is CCOc1cccc(N(Cl)C(=O)C(N=Nc2cc(OC)c(Cl)c(OC)c2)C(C)=O)c1OCC. The Hall–Kier alpha value is -3.04. The van der Waals surface area contributed by atoms with Gasteiger partial charge < -0.3 is 18.9 Å². The van der Waals surface area contributed by atoms with Crippen molar-refractivity contribution in [2.24, 2.45) is 10.2 Å². The molecule has 9 nitrogen and oxygen atoms in total. The smallest absolute Gasteiger partial charge is 0.276 e. The Morgan fingerprint density at radius 3 is 2.15 bits per heavy atom. The van der Waals surface area contributed by atoms with Gasteiger partial charge in [-0.25, -0.2) is 4.42 Å². The summed E-state index contributed by atoms with van der Waals surface area (Å²) in [6, 6.07) is 6.40. The van der Waals surface area contributed by atoms with Crippen molar-refractivity contribution in [2.75, 3.05) is 31.9 Å². The van der Waals surface area contributed by atoms with Gasteiger partial charge in [-0.15, -0.1) is 0 Å². The molecule has 1 atom stereocenters. The number of carbonyl (C=O) groups is 2. The molecule has 33 heavy (non-hydrogen) atoms. The van der Waals surface area contributed by atoms with Crippen LogP contribution in [0.4, 0.5) is 11.4 Å². The van der Waals surface area contributed by atoms with E-state index in [1.807, 2.05) is 6.92 Å². The molecule has 0 radical (unpaired) electrons. The molecule has 0 N–H and O–H groups in total. The first-order valence-corrected chi connectivity index (χ1v) is 10.7. The zero-order valence-corrected chi connectivity index (χ0v) is 20.4. The van der Waals surface area contributed by atoms with Crippen molar-refractivity contribution in [3.8, 4) is 23.0 Å². The molecule has 11 heteroatoms. The van der Waals surface area contributed by atoms with Gasteiger partial charge in [0, 0.05) is 23.9 Å². The fourth-order valence-electron chi connectivity index (χ4n) is 2.79. The summed E-state index contributed by atoms with van der Waals surface area (Å²) < 4.78 is 22.4. The van der Waals surface area contributed by atoms with Crippen LogP contribution in [0, 0.1) is 0 Å². The van der Waals surface area contributed by atoms with Gasteiger partial charge in [0.2, 0.25) is 6.04 Å². The molecule has 0 bridgehead atoms. The average molecular weight is 498 g/mol. The molecule has 0 spiro atoms. The minimum Gasteiger partial charge on any atom is -0.495 e. The van der Waals surface area contributed by atoms with Crippen LogP contribution >= 0.6 is 23.4 Å². The zero-order chi connectivity index (χ0) is 24.5. The summed E-state index contributed by atoms with van der Waals surface area (Å²) in [6.07, 6.45) is 0. The van der Waals surface area contributed by atoms with Gasteiger partial charge in [-0.1, -0.05) is 17.7 Å². The van der Waals surface area contributed by atoms with Crippen LogP contribution in [0.2, 0.25) is 5.02 Å². The first-order valence-electron chi connectivity index (χ1n) is 10.00. The van der Waals surface area contributed by atoms with Crippen LogP contribution < -0.4 is 23.4 Å². The van der Waals surface area contributed by atoms with Crippen LogP contribution in [0.1, 0.15) is 20.8 Å². The number of halogens is 2. The van der Waals surface area contributed by atoms with E-state index in [9.17, 15) is 9.59 Å². The molecule has 0 aliphatic carbocycles. The summed E-state index contributed by atoms with van der Waals surface area (Å²) in [5, 5.41) is 8.19. The van der Waals surface area contributed by atoms with Gasteiger partial charge in [0.15, 0.2) is 17.3 Å². The van der Waals surface area contributed by atoms with Crippen molar-refractivity contribution in [3.63, 3.8) is 0 Å². The number of ketones is 1. The Kier molecular flexibility index (Phi) is 9.74. The molecule has 0 aliphatic rings. The van der Waals surface area contributed by atoms with Crippen LogP contribution in [-0.4, -0.2) is 45.2 Å². The van der Waals surface area contributed by atoms with Gasteiger partial charge >= 0.3 is 0 Å². The van der Waals surface area contributed by atoms with Gasteiger partial charge in [0.1, 0.15) is 22.2 Å². The Bertz CT molecular complexity index is 1010. The van der Waals surface area contributed by atoms with E-state index in [1.54, 1.807) is 25.1 Å². The number of azo groups is 1. The van der Waals surface area contributed by atoms with E-state index in [2.05, 4.69) is 10.2 Å². The third-order valence-corrected chi connectivity index (χ3v) is 5.01. The van der Waals surface area contributed by atoms with Crippen molar-refractivity contribution in [3.05, 3.63) is 35.4 Å². The first-order chi connectivity index (χ1) is 15.8. The van der Waals surface area contributed by atoms with E-state index in [-0.39, 0.29) is 22.1 Å². The summed E-state index contributed by atoms with van der Waals surface area (Å²) >= 11 is 12.5. The lowest BCUT2D eigenvalue weighted by molar-refractivity contribution is -0.126. The first kappa shape index (κ1) is 26.2. The number of hydrogen-bond donors (Lipinski definition) is 0. The molecule has 0 heterocycles. The van der Waals surface area contributed by atoms with Crippen LogP contribution in [0.5, 0.6) is 23.0 Å². The second-order valence-electron chi connectivity index (χ2n) is 6.48. The van der Waals surface area contributed by atoms with Gasteiger partial charge in [-0.2, -0.15) is 10.2 Å². The Labute approximate surface area is 202 Å². The molecule has 2 aromatic rings. The van der Waals surface area contributed by atoms with Crippen LogP contribution in [0.25, 0.3) is 0 Å². The van der Waals surface area contributed by atoms with Crippen LogP contribution in [-0.2, 0) is 9.59 Å². The number of anilines is 1. The number of benzene rings is 2. The maximum atomic E-state index is 13.1. The highest BCUT2D eigenvalue weighted by atomic mass is 35.5. The average Bonchev–Trinajstić information content (AvgIpc) is 2.80. The summed E-state index contributed by atoms with van der Waals surface area (Å²) in [4.78, 5) is 25.3. The van der Waals surface area contributed by atoms with Crippen molar-refractivity contribution in [1.29, 1.82) is 0 Å². The number of para-hydroxylation sites is 1. The fraction of sp³-hybridized carbons (Fsp3) is 0.364. The summed E-state index contributed by atoms with van der Waals surface area (Å²) in [6.45, 7) is 5.52. The number of nitrogens with zero attached hydrogens (tertiary/aromatic N) is 3. The lowest BCUT2D eigenvalue weighted by atomic mass is 10.2. The quantitative estimate of drug-likeness (QED) is 0.234. The second kappa shape index (κ2) is 12.3. The van der Waals surface area contributed by atoms with E-state index in [0.29, 0.717) is 30.5 Å². The molecule has 2 rings (SSSR count). The highest BCUT2D eigenvalue weighted by Gasteiger charge is 2.31. The van der Waals surface area contributed by atoms with Crippen LogP contribution in [0.3, 0.4) is 0 Å². The standard InChI is InChI=1S/C22H25Cl2N3O6/c1-6-32-16-10-8-9-15(21(16)33-7-2)27(24)22(29)20(13(3)28)26-25-14-11-17(30-4)19(23)18(12-14)31-5/h8-12,20H,6-7H2,1-5H3. The second-order valence-corrected chi connectivity index (χ2v) is 7.20.